The van der Waals surface area contributed by atoms with Crippen LogP contribution < -0.4 is 11.1 Å². The van der Waals surface area contributed by atoms with Gasteiger partial charge in [0.15, 0.2) is 5.13 Å². The topological polar surface area (TPSA) is 160 Å². The van der Waals surface area contributed by atoms with E-state index < -0.39 is 29.2 Å². The van der Waals surface area contributed by atoms with E-state index in [0.29, 0.717) is 5.75 Å². The minimum absolute atomic E-state index is 0.0369. The molecule has 142 valence electrons. The average molecular weight is 410 g/mol. The minimum Gasteiger partial charge on any atom is -0.477 e. The molecular weight excluding hydrogens is 396 g/mol. The second kappa shape index (κ2) is 7.75. The van der Waals surface area contributed by atoms with Gasteiger partial charge in [-0.05, 0) is 6.08 Å². The van der Waals surface area contributed by atoms with Crippen LogP contribution in [0.4, 0.5) is 5.13 Å². The molecule has 2 amide bonds. The molecule has 1 saturated heterocycles. The smallest absolute Gasteiger partial charge is 0.352 e. The van der Waals surface area contributed by atoms with Crippen LogP contribution in [-0.4, -0.2) is 66.6 Å². The molecule has 0 aliphatic carbocycles. The molecule has 13 heteroatoms. The number of carbonyl (C=O) groups is 3. The van der Waals surface area contributed by atoms with Gasteiger partial charge in [-0.15, -0.1) is 11.8 Å². The van der Waals surface area contributed by atoms with Crippen molar-refractivity contribution in [2.75, 3.05) is 18.1 Å². The molecule has 4 N–H and O–H groups in total. The summed E-state index contributed by atoms with van der Waals surface area (Å²) in [5, 5.41) is 15.0. The lowest BCUT2D eigenvalue weighted by Gasteiger charge is -2.48. The Labute approximate surface area is 161 Å². The highest BCUT2D eigenvalue weighted by atomic mass is 32.2. The van der Waals surface area contributed by atoms with Gasteiger partial charge in [-0.25, -0.2) is 4.79 Å². The van der Waals surface area contributed by atoms with Crippen LogP contribution >= 0.6 is 23.3 Å². The lowest BCUT2D eigenvalue weighted by Crippen LogP contribution is -2.70. The van der Waals surface area contributed by atoms with Crippen LogP contribution in [0.3, 0.4) is 0 Å². The number of carbonyl (C=O) groups excluding carboxylic acids is 2. The average Bonchev–Trinajstić information content (AvgIpc) is 3.08. The third-order valence-electron chi connectivity index (χ3n) is 3.57. The van der Waals surface area contributed by atoms with Crippen molar-refractivity contribution in [2.24, 2.45) is 5.16 Å². The number of β-lactam (4-membered cyclic amide) rings is 1. The normalized spacial score (nSPS) is 21.6. The summed E-state index contributed by atoms with van der Waals surface area (Å²) in [6, 6.07) is -0.897. The Morgan fingerprint density at radius 1 is 1.59 bits per heavy atom. The lowest BCUT2D eigenvalue weighted by atomic mass is 10.0. The zero-order valence-corrected chi connectivity index (χ0v) is 15.3. The number of aliphatic carboxylic acids is 1. The summed E-state index contributed by atoms with van der Waals surface area (Å²) in [5.41, 5.74) is 5.20. The molecule has 3 heterocycles. The molecule has 0 saturated carbocycles. The van der Waals surface area contributed by atoms with Crippen molar-refractivity contribution in [1.29, 1.82) is 0 Å². The van der Waals surface area contributed by atoms with E-state index in [9.17, 15) is 19.5 Å². The third-order valence-corrected chi connectivity index (χ3v) is 5.30. The Balaban J connectivity index is 1.76. The van der Waals surface area contributed by atoms with Crippen molar-refractivity contribution in [3.05, 3.63) is 30.3 Å². The SMILES string of the molecule is C=CCON=C(C(=O)NC1C(=O)N2C(C(=O)O)=CCS[C@@H]12)c1nsc(N)n1. The fourth-order valence-electron chi connectivity index (χ4n) is 2.42. The summed E-state index contributed by atoms with van der Waals surface area (Å²) in [5.74, 6) is -2.07. The molecule has 1 aromatic rings. The van der Waals surface area contributed by atoms with Crippen molar-refractivity contribution in [1.82, 2.24) is 19.6 Å². The molecule has 0 radical (unpaired) electrons. The van der Waals surface area contributed by atoms with E-state index in [1.165, 1.54) is 23.9 Å². The zero-order chi connectivity index (χ0) is 19.6. The highest BCUT2D eigenvalue weighted by Gasteiger charge is 2.53. The van der Waals surface area contributed by atoms with Crippen LogP contribution in [0.15, 0.2) is 29.6 Å². The van der Waals surface area contributed by atoms with E-state index in [0.717, 1.165) is 16.4 Å². The van der Waals surface area contributed by atoms with Gasteiger partial charge in [-0.1, -0.05) is 17.8 Å². The molecule has 3 rings (SSSR count). The monoisotopic (exact) mass is 410 g/mol. The number of thioether (sulfide) groups is 1. The number of fused-ring (bicyclic) bond motifs is 1. The van der Waals surface area contributed by atoms with Crippen molar-refractivity contribution in [3.63, 3.8) is 0 Å². The van der Waals surface area contributed by atoms with Crippen LogP contribution in [0, 0.1) is 0 Å². The number of carboxylic acids is 1. The van der Waals surface area contributed by atoms with E-state index in [1.807, 2.05) is 0 Å². The first-order valence-electron chi connectivity index (χ1n) is 7.53. The van der Waals surface area contributed by atoms with Gasteiger partial charge in [0.25, 0.3) is 11.8 Å². The molecule has 2 aliphatic rings. The van der Waals surface area contributed by atoms with Gasteiger partial charge in [0.1, 0.15) is 23.7 Å². The van der Waals surface area contributed by atoms with Crippen molar-refractivity contribution >= 4 is 51.9 Å². The maximum absolute atomic E-state index is 12.6. The number of nitrogens with one attached hydrogen (secondary N) is 1. The molecule has 0 spiro atoms. The minimum atomic E-state index is -1.19. The van der Waals surface area contributed by atoms with Crippen molar-refractivity contribution < 1.29 is 24.3 Å². The van der Waals surface area contributed by atoms with Crippen LogP contribution in [0.5, 0.6) is 0 Å². The zero-order valence-electron chi connectivity index (χ0n) is 13.7. The fraction of sp³-hybridized carbons (Fsp3) is 0.286. The number of nitrogens with two attached hydrogens (primary N) is 1. The Kier molecular flexibility index (Phi) is 5.41. The van der Waals surface area contributed by atoms with Gasteiger partial charge in [0, 0.05) is 17.3 Å². The molecule has 27 heavy (non-hydrogen) atoms. The number of oxime groups is 1. The second-order valence-corrected chi connectivity index (χ2v) is 7.19. The molecule has 11 nitrogen and oxygen atoms in total. The molecule has 0 bridgehead atoms. The molecule has 1 fully saturated rings. The van der Waals surface area contributed by atoms with Gasteiger partial charge < -0.3 is 21.0 Å². The van der Waals surface area contributed by atoms with Gasteiger partial charge in [-0.2, -0.15) is 9.36 Å². The molecule has 2 aliphatic heterocycles. The van der Waals surface area contributed by atoms with Gasteiger partial charge in [0.2, 0.25) is 11.5 Å². The van der Waals surface area contributed by atoms with E-state index in [1.54, 1.807) is 0 Å². The Bertz CT molecular complexity index is 866. The van der Waals surface area contributed by atoms with Crippen LogP contribution in [0.1, 0.15) is 5.82 Å². The first-order valence-corrected chi connectivity index (χ1v) is 9.35. The summed E-state index contributed by atoms with van der Waals surface area (Å²) in [6.07, 6.45) is 2.89. The van der Waals surface area contributed by atoms with E-state index >= 15 is 0 Å². The number of hydrogen-bond donors (Lipinski definition) is 3. The number of nitrogens with zero attached hydrogens (tertiary/aromatic N) is 4. The quantitative estimate of drug-likeness (QED) is 0.175. The predicted octanol–water partition coefficient (Wildman–Crippen LogP) is -0.605. The van der Waals surface area contributed by atoms with E-state index in [2.05, 4.69) is 26.4 Å². The molecule has 1 aromatic heterocycles. The van der Waals surface area contributed by atoms with Crippen molar-refractivity contribution in [3.8, 4) is 0 Å². The second-order valence-electron chi connectivity index (χ2n) is 5.26. The summed E-state index contributed by atoms with van der Waals surface area (Å²) < 4.78 is 3.92. The lowest BCUT2D eigenvalue weighted by molar-refractivity contribution is -0.150. The highest BCUT2D eigenvalue weighted by Crippen LogP contribution is 2.37. The molecule has 0 aromatic carbocycles. The largest absolute Gasteiger partial charge is 0.477 e. The number of aromatic nitrogens is 2. The molecule has 1 unspecified atom stereocenters. The summed E-state index contributed by atoms with van der Waals surface area (Å²) in [6.45, 7) is 3.53. The maximum atomic E-state index is 12.6. The number of rotatable bonds is 7. The van der Waals surface area contributed by atoms with E-state index in [-0.39, 0.29) is 29.0 Å². The summed E-state index contributed by atoms with van der Waals surface area (Å²) in [7, 11) is 0. The van der Waals surface area contributed by atoms with Crippen LogP contribution in [0.2, 0.25) is 0 Å². The first-order chi connectivity index (χ1) is 12.9. The summed E-state index contributed by atoms with van der Waals surface area (Å²) in [4.78, 5) is 46.2. The van der Waals surface area contributed by atoms with Gasteiger partial charge in [-0.3, -0.25) is 14.5 Å². The van der Waals surface area contributed by atoms with E-state index in [4.69, 9.17) is 10.6 Å². The standard InChI is InChI=1S/C14H14N6O5S2/c1-2-4-25-18-7(9-17-14(15)27-19-9)10(21)16-8-11(22)20-6(13(23)24)3-5-26-12(8)20/h2-3,8,12H,1,4-5H2,(H,16,21)(H,23,24)(H2,15,17,19)/t8?,12-/m0/s1. The Morgan fingerprint density at radius 3 is 3.00 bits per heavy atom. The number of anilines is 1. The first kappa shape index (κ1) is 18.8. The summed E-state index contributed by atoms with van der Waals surface area (Å²) >= 11 is 2.22. The number of nitrogen functional groups attached to an aromatic ring is 1. The number of hydrogen-bond acceptors (Lipinski definition) is 10. The number of carboxylic acid groups (broad SMARTS) is 1. The Morgan fingerprint density at radius 2 is 2.37 bits per heavy atom. The van der Waals surface area contributed by atoms with Gasteiger partial charge in [0.05, 0.1) is 0 Å². The molecular formula is C14H14N6O5S2. The highest BCUT2D eigenvalue weighted by molar-refractivity contribution is 8.00. The van der Waals surface area contributed by atoms with Crippen molar-refractivity contribution in [2.45, 2.75) is 11.4 Å². The van der Waals surface area contributed by atoms with Crippen LogP contribution in [-0.2, 0) is 19.2 Å². The predicted molar refractivity (Wildman–Crippen MR) is 97.7 cm³/mol. The molecule has 2 atom stereocenters. The van der Waals surface area contributed by atoms with Gasteiger partial charge >= 0.3 is 5.97 Å². The Hall–Kier alpha value is -2.93. The number of amides is 2. The van der Waals surface area contributed by atoms with Crippen LogP contribution in [0.25, 0.3) is 0 Å². The fourth-order valence-corrected chi connectivity index (χ4v) is 4.05. The third kappa shape index (κ3) is 3.64. The maximum Gasteiger partial charge on any atom is 0.352 e.